The van der Waals surface area contributed by atoms with E-state index in [9.17, 15) is 14.4 Å². The van der Waals surface area contributed by atoms with Gasteiger partial charge in [-0.25, -0.2) is 0 Å². The van der Waals surface area contributed by atoms with Crippen LogP contribution in [0.2, 0.25) is 0 Å². The molecule has 0 fully saturated rings. The minimum atomic E-state index is -0.765. The van der Waals surface area contributed by atoms with Crippen LogP contribution in [0.1, 0.15) is 348 Å². The van der Waals surface area contributed by atoms with Crippen molar-refractivity contribution in [3.8, 4) is 0 Å². The minimum Gasteiger partial charge on any atom is -0.462 e. The second kappa shape index (κ2) is 57.7. The van der Waals surface area contributed by atoms with E-state index in [1.165, 1.54) is 250 Å². The molecule has 1 unspecified atom stereocenters. The van der Waals surface area contributed by atoms with Gasteiger partial charge in [-0.3, -0.25) is 14.4 Å². The summed E-state index contributed by atoms with van der Waals surface area (Å²) in [7, 11) is 0. The van der Waals surface area contributed by atoms with Gasteiger partial charge in [-0.1, -0.05) is 296 Å². The molecule has 0 aliphatic heterocycles. The number of rotatable bonds is 57. The molecule has 0 aliphatic rings. The first-order valence-corrected chi connectivity index (χ1v) is 30.7. The number of unbranched alkanes of at least 4 members (excludes halogenated alkanes) is 44. The van der Waals surface area contributed by atoms with Crippen LogP contribution < -0.4 is 0 Å². The van der Waals surface area contributed by atoms with Crippen LogP contribution in [0.15, 0.2) is 12.2 Å². The van der Waals surface area contributed by atoms with Gasteiger partial charge >= 0.3 is 17.9 Å². The van der Waals surface area contributed by atoms with E-state index in [4.69, 9.17) is 14.2 Å². The molecule has 0 spiro atoms. The van der Waals surface area contributed by atoms with E-state index in [2.05, 4.69) is 32.9 Å². The molecular weight excluding hydrogens is 841 g/mol. The van der Waals surface area contributed by atoms with Gasteiger partial charge in [-0.2, -0.15) is 0 Å². The number of esters is 3. The molecule has 0 bridgehead atoms. The van der Waals surface area contributed by atoms with E-state index in [-0.39, 0.29) is 31.1 Å². The standard InChI is InChI=1S/C62H118O6/c1-4-7-10-13-16-19-22-25-28-30-31-33-34-37-40-43-46-49-52-55-61(64)67-58-59(57-66-60(63)54-51-48-45-42-39-36-27-24-21-18-15-12-9-6-3)68-62(65)56-53-50-47-44-41-38-35-32-29-26-23-20-17-14-11-8-5-2/h25,28,59H,4-24,26-27,29-58H2,1-3H3/b28-25-. The summed E-state index contributed by atoms with van der Waals surface area (Å²) < 4.78 is 16.9. The number of carbonyl (C=O) groups is 3. The molecule has 0 amide bonds. The average molecular weight is 960 g/mol. The van der Waals surface area contributed by atoms with Crippen LogP contribution in [-0.2, 0) is 28.6 Å². The van der Waals surface area contributed by atoms with E-state index in [0.717, 1.165) is 57.8 Å². The Hall–Kier alpha value is -1.85. The number of allylic oxidation sites excluding steroid dienone is 2. The maximum Gasteiger partial charge on any atom is 0.306 e. The molecule has 0 saturated heterocycles. The number of carbonyl (C=O) groups excluding carboxylic acids is 3. The Labute approximate surface area is 424 Å². The monoisotopic (exact) mass is 959 g/mol. The second-order valence-electron chi connectivity index (χ2n) is 21.0. The summed E-state index contributed by atoms with van der Waals surface area (Å²) in [4.78, 5) is 38.2. The van der Waals surface area contributed by atoms with Crippen LogP contribution >= 0.6 is 0 Å². The summed E-state index contributed by atoms with van der Waals surface area (Å²) in [6.45, 7) is 6.70. The third-order valence-corrected chi connectivity index (χ3v) is 14.0. The molecule has 6 heteroatoms. The Morgan fingerprint density at radius 3 is 0.735 bits per heavy atom. The first-order valence-electron chi connectivity index (χ1n) is 30.7. The van der Waals surface area contributed by atoms with Gasteiger partial charge < -0.3 is 14.2 Å². The highest BCUT2D eigenvalue weighted by molar-refractivity contribution is 5.71. The molecule has 0 N–H and O–H groups in total. The zero-order valence-electron chi connectivity index (χ0n) is 46.2. The lowest BCUT2D eigenvalue weighted by Gasteiger charge is -2.18. The fraction of sp³-hybridized carbons (Fsp3) is 0.919. The van der Waals surface area contributed by atoms with Gasteiger partial charge in [-0.15, -0.1) is 0 Å². The highest BCUT2D eigenvalue weighted by Crippen LogP contribution is 2.18. The third-order valence-electron chi connectivity index (χ3n) is 14.0. The van der Waals surface area contributed by atoms with Gasteiger partial charge in [0.15, 0.2) is 6.10 Å². The van der Waals surface area contributed by atoms with Crippen molar-refractivity contribution < 1.29 is 28.6 Å². The van der Waals surface area contributed by atoms with E-state index in [1.807, 2.05) is 0 Å². The highest BCUT2D eigenvalue weighted by atomic mass is 16.6. The fourth-order valence-electron chi connectivity index (χ4n) is 9.38. The highest BCUT2D eigenvalue weighted by Gasteiger charge is 2.19. The summed E-state index contributed by atoms with van der Waals surface area (Å²) in [5.41, 5.74) is 0. The van der Waals surface area contributed by atoms with Crippen molar-refractivity contribution >= 4 is 17.9 Å². The van der Waals surface area contributed by atoms with Crippen LogP contribution in [0.5, 0.6) is 0 Å². The van der Waals surface area contributed by atoms with Gasteiger partial charge in [0.25, 0.3) is 0 Å². The molecule has 0 heterocycles. The molecule has 6 nitrogen and oxygen atoms in total. The predicted molar refractivity (Wildman–Crippen MR) is 293 cm³/mol. The first kappa shape index (κ1) is 66.2. The Morgan fingerprint density at radius 1 is 0.279 bits per heavy atom. The molecule has 0 radical (unpaired) electrons. The summed E-state index contributed by atoms with van der Waals surface area (Å²) >= 11 is 0. The second-order valence-corrected chi connectivity index (χ2v) is 21.0. The van der Waals surface area contributed by atoms with Crippen LogP contribution in [-0.4, -0.2) is 37.2 Å². The molecule has 0 rings (SSSR count). The molecule has 68 heavy (non-hydrogen) atoms. The summed E-state index contributed by atoms with van der Waals surface area (Å²) in [5, 5.41) is 0. The number of hydrogen-bond acceptors (Lipinski definition) is 6. The van der Waals surface area contributed by atoms with Crippen molar-refractivity contribution in [3.63, 3.8) is 0 Å². The topological polar surface area (TPSA) is 78.9 Å². The van der Waals surface area contributed by atoms with Crippen LogP contribution in [0.25, 0.3) is 0 Å². The predicted octanol–water partition coefficient (Wildman–Crippen LogP) is 20.5. The lowest BCUT2D eigenvalue weighted by Crippen LogP contribution is -2.30. The van der Waals surface area contributed by atoms with Gasteiger partial charge in [0.2, 0.25) is 0 Å². The lowest BCUT2D eigenvalue weighted by atomic mass is 10.0. The maximum atomic E-state index is 12.9. The van der Waals surface area contributed by atoms with Gasteiger partial charge in [0.1, 0.15) is 13.2 Å². The fourth-order valence-corrected chi connectivity index (χ4v) is 9.38. The maximum absolute atomic E-state index is 12.9. The van der Waals surface area contributed by atoms with Crippen molar-refractivity contribution in [1.29, 1.82) is 0 Å². The van der Waals surface area contributed by atoms with E-state index >= 15 is 0 Å². The molecular formula is C62H118O6. The van der Waals surface area contributed by atoms with E-state index in [1.54, 1.807) is 0 Å². The van der Waals surface area contributed by atoms with Crippen molar-refractivity contribution in [2.75, 3.05) is 13.2 Å². The van der Waals surface area contributed by atoms with Gasteiger partial charge in [0, 0.05) is 19.3 Å². The molecule has 0 aromatic rings. The average Bonchev–Trinajstić information content (AvgIpc) is 3.34. The van der Waals surface area contributed by atoms with Crippen molar-refractivity contribution in [1.82, 2.24) is 0 Å². The summed E-state index contributed by atoms with van der Waals surface area (Å²) in [6, 6.07) is 0. The van der Waals surface area contributed by atoms with E-state index < -0.39 is 6.10 Å². The van der Waals surface area contributed by atoms with Crippen LogP contribution in [0.4, 0.5) is 0 Å². The molecule has 1 atom stereocenters. The first-order chi connectivity index (χ1) is 33.5. The molecule has 0 aromatic heterocycles. The zero-order valence-corrected chi connectivity index (χ0v) is 46.2. The zero-order chi connectivity index (χ0) is 49.3. The Kier molecular flexibility index (Phi) is 56.2. The number of hydrogen-bond donors (Lipinski definition) is 0. The van der Waals surface area contributed by atoms with Crippen molar-refractivity contribution in [2.45, 2.75) is 354 Å². The smallest absolute Gasteiger partial charge is 0.306 e. The van der Waals surface area contributed by atoms with Crippen LogP contribution in [0, 0.1) is 0 Å². The molecule has 402 valence electrons. The largest absolute Gasteiger partial charge is 0.462 e. The summed E-state index contributed by atoms with van der Waals surface area (Å²) in [5.74, 6) is -0.838. The molecule has 0 aliphatic carbocycles. The van der Waals surface area contributed by atoms with E-state index in [0.29, 0.717) is 19.3 Å². The van der Waals surface area contributed by atoms with Crippen LogP contribution in [0.3, 0.4) is 0 Å². The van der Waals surface area contributed by atoms with Crippen molar-refractivity contribution in [2.24, 2.45) is 0 Å². The number of ether oxygens (including phenoxy) is 3. The Balaban J connectivity index is 4.29. The minimum absolute atomic E-state index is 0.0640. The Bertz CT molecular complexity index is 1060. The summed E-state index contributed by atoms with van der Waals surface area (Å²) in [6.07, 6.45) is 66.3. The SMILES string of the molecule is CCCCCCCC/C=C\CCCCCCCCCCCC(=O)OCC(COC(=O)CCCCCCCCCCCCCCCC)OC(=O)CCCCCCCCCCCCCCCCCCC. The lowest BCUT2D eigenvalue weighted by molar-refractivity contribution is -0.167. The molecule has 0 aromatic carbocycles. The molecule has 0 saturated carbocycles. The van der Waals surface area contributed by atoms with Gasteiger partial charge in [-0.05, 0) is 44.9 Å². The Morgan fingerprint density at radius 2 is 0.485 bits per heavy atom. The van der Waals surface area contributed by atoms with Crippen molar-refractivity contribution in [3.05, 3.63) is 12.2 Å². The third kappa shape index (κ3) is 55.1. The quantitative estimate of drug-likeness (QED) is 0.0262. The normalized spacial score (nSPS) is 12.0. The van der Waals surface area contributed by atoms with Gasteiger partial charge in [0.05, 0.1) is 0 Å².